The minimum absolute atomic E-state index is 0.0210. The van der Waals surface area contributed by atoms with Gasteiger partial charge in [-0.05, 0) is 49.1 Å². The van der Waals surface area contributed by atoms with Gasteiger partial charge in [-0.3, -0.25) is 9.59 Å². The van der Waals surface area contributed by atoms with Crippen LogP contribution in [-0.2, 0) is 15.3 Å². The molecule has 0 atom stereocenters. The number of amides is 2. The van der Waals surface area contributed by atoms with Gasteiger partial charge >= 0.3 is 0 Å². The zero-order valence-electron chi connectivity index (χ0n) is 17.3. The maximum absolute atomic E-state index is 12.3. The van der Waals surface area contributed by atoms with Gasteiger partial charge in [-0.15, -0.1) is 11.8 Å². The lowest BCUT2D eigenvalue weighted by atomic mass is 10.2. The minimum Gasteiger partial charge on any atom is -0.370 e. The van der Waals surface area contributed by atoms with Crippen molar-refractivity contribution in [1.82, 2.24) is 4.90 Å². The molecule has 0 spiro atoms. The Morgan fingerprint density at radius 3 is 2.43 bits per heavy atom. The molecule has 158 valence electrons. The second kappa shape index (κ2) is 10.0. The van der Waals surface area contributed by atoms with Crippen LogP contribution >= 0.6 is 11.8 Å². The molecule has 0 unspecified atom stereocenters. The van der Waals surface area contributed by atoms with E-state index in [9.17, 15) is 9.59 Å². The zero-order valence-corrected chi connectivity index (χ0v) is 18.1. The fourth-order valence-corrected chi connectivity index (χ4v) is 4.56. The quantitative estimate of drug-likeness (QED) is 0.731. The van der Waals surface area contributed by atoms with Crippen molar-refractivity contribution >= 4 is 35.0 Å². The summed E-state index contributed by atoms with van der Waals surface area (Å²) >= 11 is 1.62. The van der Waals surface area contributed by atoms with Crippen LogP contribution in [-0.4, -0.2) is 48.6 Å². The topological polar surface area (TPSA) is 52.7 Å². The minimum atomic E-state index is 0.0210. The molecular formula is C24H29N3O2S. The molecule has 1 N–H and O–H groups in total. The molecule has 1 saturated carbocycles. The third kappa shape index (κ3) is 5.79. The van der Waals surface area contributed by atoms with E-state index >= 15 is 0 Å². The molecule has 2 amide bonds. The largest absolute Gasteiger partial charge is 0.370 e. The second-order valence-corrected chi connectivity index (χ2v) is 9.00. The second-order valence-electron chi connectivity index (χ2n) is 8.01. The summed E-state index contributed by atoms with van der Waals surface area (Å²) < 4.78 is 0. The van der Waals surface area contributed by atoms with Crippen LogP contribution in [0.4, 0.5) is 11.4 Å². The van der Waals surface area contributed by atoms with Crippen molar-refractivity contribution in [3.8, 4) is 0 Å². The van der Waals surface area contributed by atoms with E-state index in [-0.39, 0.29) is 5.91 Å². The van der Waals surface area contributed by atoms with Crippen molar-refractivity contribution < 1.29 is 9.59 Å². The van der Waals surface area contributed by atoms with Crippen LogP contribution in [0.2, 0.25) is 0 Å². The van der Waals surface area contributed by atoms with Crippen molar-refractivity contribution in [2.45, 2.75) is 25.0 Å². The maximum Gasteiger partial charge on any atom is 0.234 e. The van der Waals surface area contributed by atoms with Crippen LogP contribution in [0.25, 0.3) is 0 Å². The summed E-state index contributed by atoms with van der Waals surface area (Å²) in [5.74, 6) is 1.94. The van der Waals surface area contributed by atoms with Crippen LogP contribution in [0.3, 0.4) is 0 Å². The molecule has 4 rings (SSSR count). The van der Waals surface area contributed by atoms with Crippen molar-refractivity contribution in [3.63, 3.8) is 0 Å². The van der Waals surface area contributed by atoms with Gasteiger partial charge in [-0.2, -0.15) is 0 Å². The summed E-state index contributed by atoms with van der Waals surface area (Å²) in [5.41, 5.74) is 3.20. The van der Waals surface area contributed by atoms with E-state index < -0.39 is 0 Å². The van der Waals surface area contributed by atoms with Crippen LogP contribution in [0.15, 0.2) is 54.6 Å². The first-order valence-corrected chi connectivity index (χ1v) is 11.9. The summed E-state index contributed by atoms with van der Waals surface area (Å²) in [6.07, 6.45) is 3.13. The highest BCUT2D eigenvalue weighted by atomic mass is 32.2. The van der Waals surface area contributed by atoms with Gasteiger partial charge in [0, 0.05) is 49.2 Å². The predicted molar refractivity (Wildman–Crippen MR) is 124 cm³/mol. The van der Waals surface area contributed by atoms with Gasteiger partial charge in [0.1, 0.15) is 0 Å². The fraction of sp³-hybridized carbons (Fsp3) is 0.417. The van der Waals surface area contributed by atoms with E-state index in [1.54, 1.807) is 11.8 Å². The number of hydrogen-bond acceptors (Lipinski definition) is 4. The third-order valence-electron chi connectivity index (χ3n) is 5.60. The van der Waals surface area contributed by atoms with Gasteiger partial charge in [0.25, 0.3) is 0 Å². The van der Waals surface area contributed by atoms with Gasteiger partial charge < -0.3 is 15.1 Å². The van der Waals surface area contributed by atoms with E-state index in [0.717, 1.165) is 62.6 Å². The Bertz CT molecular complexity index is 853. The molecule has 1 aliphatic heterocycles. The molecule has 30 heavy (non-hydrogen) atoms. The van der Waals surface area contributed by atoms with E-state index in [1.807, 2.05) is 35.2 Å². The van der Waals surface area contributed by atoms with Crippen LogP contribution in [0, 0.1) is 5.92 Å². The number of carbonyl (C=O) groups excluding carboxylic acids is 2. The highest BCUT2D eigenvalue weighted by Gasteiger charge is 2.33. The summed E-state index contributed by atoms with van der Waals surface area (Å²) in [5, 5.41) is 2.98. The van der Waals surface area contributed by atoms with Crippen LogP contribution in [0.1, 0.15) is 24.8 Å². The van der Waals surface area contributed by atoms with Gasteiger partial charge in [-0.25, -0.2) is 0 Å². The number of carbonyl (C=O) groups is 2. The Balaban J connectivity index is 1.23. The SMILES string of the molecule is O=C(CSCc1ccccc1)Nc1ccc(N2CCCN(C(=O)C3CC3)CC2)cc1. The molecule has 5 nitrogen and oxygen atoms in total. The highest BCUT2D eigenvalue weighted by molar-refractivity contribution is 7.99. The molecular weight excluding hydrogens is 394 g/mol. The number of nitrogens with one attached hydrogen (secondary N) is 1. The number of anilines is 2. The van der Waals surface area contributed by atoms with E-state index in [0.29, 0.717) is 17.6 Å². The average molecular weight is 424 g/mol. The van der Waals surface area contributed by atoms with Gasteiger partial charge in [0.2, 0.25) is 11.8 Å². The Morgan fingerprint density at radius 1 is 0.933 bits per heavy atom. The van der Waals surface area contributed by atoms with Crippen molar-refractivity contribution in [2.24, 2.45) is 5.92 Å². The number of hydrogen-bond donors (Lipinski definition) is 1. The number of rotatable bonds is 7. The smallest absolute Gasteiger partial charge is 0.234 e. The monoisotopic (exact) mass is 423 g/mol. The lowest BCUT2D eigenvalue weighted by Crippen LogP contribution is -2.36. The Hall–Kier alpha value is -2.47. The number of benzene rings is 2. The lowest BCUT2D eigenvalue weighted by molar-refractivity contribution is -0.132. The molecule has 1 heterocycles. The van der Waals surface area contributed by atoms with E-state index in [2.05, 4.69) is 34.5 Å². The van der Waals surface area contributed by atoms with Crippen molar-refractivity contribution in [1.29, 1.82) is 0 Å². The summed E-state index contributed by atoms with van der Waals surface area (Å²) in [6.45, 7) is 3.48. The first kappa shape index (κ1) is 20.8. The third-order valence-corrected chi connectivity index (χ3v) is 6.60. The first-order valence-electron chi connectivity index (χ1n) is 10.7. The zero-order chi connectivity index (χ0) is 20.8. The molecule has 0 radical (unpaired) electrons. The molecule has 1 aliphatic carbocycles. The first-order chi connectivity index (χ1) is 14.7. The molecule has 2 aromatic rings. The predicted octanol–water partition coefficient (Wildman–Crippen LogP) is 4.01. The van der Waals surface area contributed by atoms with Crippen molar-refractivity contribution in [2.75, 3.05) is 42.1 Å². The molecule has 1 saturated heterocycles. The summed E-state index contributed by atoms with van der Waals surface area (Å²) in [4.78, 5) is 28.9. The molecule has 6 heteroatoms. The van der Waals surface area contributed by atoms with Gasteiger partial charge in [-0.1, -0.05) is 30.3 Å². The summed E-state index contributed by atoms with van der Waals surface area (Å²) in [6, 6.07) is 18.2. The number of nitrogens with zero attached hydrogens (tertiary/aromatic N) is 2. The van der Waals surface area contributed by atoms with E-state index in [1.165, 1.54) is 5.56 Å². The molecule has 0 aromatic heterocycles. The van der Waals surface area contributed by atoms with Crippen molar-refractivity contribution in [3.05, 3.63) is 60.2 Å². The Kier molecular flexibility index (Phi) is 6.95. The normalized spacial score (nSPS) is 16.8. The van der Waals surface area contributed by atoms with Gasteiger partial charge in [0.15, 0.2) is 0 Å². The molecule has 2 aromatic carbocycles. The average Bonchev–Trinajstić information content (AvgIpc) is 3.62. The molecule has 2 fully saturated rings. The van der Waals surface area contributed by atoms with Crippen LogP contribution in [0.5, 0.6) is 0 Å². The maximum atomic E-state index is 12.3. The highest BCUT2D eigenvalue weighted by Crippen LogP contribution is 2.31. The lowest BCUT2D eigenvalue weighted by Gasteiger charge is -2.24. The summed E-state index contributed by atoms with van der Waals surface area (Å²) in [7, 11) is 0. The molecule has 0 bridgehead atoms. The fourth-order valence-electron chi connectivity index (χ4n) is 3.77. The van der Waals surface area contributed by atoms with E-state index in [4.69, 9.17) is 0 Å². The van der Waals surface area contributed by atoms with Gasteiger partial charge in [0.05, 0.1) is 5.75 Å². The molecule has 2 aliphatic rings. The number of thioether (sulfide) groups is 1. The Labute approximate surface area is 182 Å². The standard InChI is InChI=1S/C24H29N3O2S/c28-23(18-30-17-19-5-2-1-3-6-19)25-21-9-11-22(12-10-21)26-13-4-14-27(16-15-26)24(29)20-7-8-20/h1-3,5-6,9-12,20H,4,7-8,13-18H2,(H,25,28). The Morgan fingerprint density at radius 2 is 1.70 bits per heavy atom. The van der Waals surface area contributed by atoms with Crippen LogP contribution < -0.4 is 10.2 Å².